The highest BCUT2D eigenvalue weighted by Gasteiger charge is 2.54. The second-order valence-corrected chi connectivity index (χ2v) is 14.0. The first-order valence-corrected chi connectivity index (χ1v) is 13.9. The van der Waals surface area contributed by atoms with Crippen LogP contribution in [0, 0.1) is 0 Å². The van der Waals surface area contributed by atoms with E-state index in [0.717, 1.165) is 5.02 Å². The van der Waals surface area contributed by atoms with E-state index in [0.29, 0.717) is 0 Å². The van der Waals surface area contributed by atoms with Crippen LogP contribution in [0.25, 0.3) is 11.1 Å². The van der Waals surface area contributed by atoms with Crippen LogP contribution in [0.1, 0.15) is 99.9 Å². The van der Waals surface area contributed by atoms with E-state index in [1.54, 1.807) is 0 Å². The second kappa shape index (κ2) is 7.61. The van der Waals surface area contributed by atoms with Crippen LogP contribution in [0.3, 0.4) is 0 Å². The Labute approximate surface area is 227 Å². The molecule has 4 aromatic rings. The molecule has 0 amide bonds. The molecule has 4 aromatic carbocycles. The van der Waals surface area contributed by atoms with Gasteiger partial charge in [0.1, 0.15) is 0 Å². The van der Waals surface area contributed by atoms with Crippen molar-refractivity contribution in [2.75, 3.05) is 0 Å². The van der Waals surface area contributed by atoms with Gasteiger partial charge in [-0.3, -0.25) is 0 Å². The standard InChI is InChI=1S/C36H37Cl/c1-33(2,3)22-16-18-27-29(20-22)36(30-21-23(34(4,5)6)17-19-28(30)35(27,7)8)26-14-10-9-12-24(26)25-13-11-15-31(37)32(25)36/h9-21H,1-8H3. The van der Waals surface area contributed by atoms with E-state index < -0.39 is 5.41 Å². The predicted molar refractivity (Wildman–Crippen MR) is 158 cm³/mol. The molecule has 0 aromatic heterocycles. The van der Waals surface area contributed by atoms with Gasteiger partial charge in [0.05, 0.1) is 5.41 Å². The van der Waals surface area contributed by atoms with Crippen LogP contribution in [-0.4, -0.2) is 0 Å². The monoisotopic (exact) mass is 504 g/mol. The van der Waals surface area contributed by atoms with E-state index in [1.807, 2.05) is 0 Å². The van der Waals surface area contributed by atoms with Crippen molar-refractivity contribution in [1.29, 1.82) is 0 Å². The summed E-state index contributed by atoms with van der Waals surface area (Å²) in [6.07, 6.45) is 0. The summed E-state index contributed by atoms with van der Waals surface area (Å²) in [5, 5.41) is 0.840. The van der Waals surface area contributed by atoms with Crippen molar-refractivity contribution in [2.45, 2.75) is 77.0 Å². The molecule has 188 valence electrons. The first kappa shape index (κ1) is 24.5. The minimum atomic E-state index is -0.465. The molecule has 0 bridgehead atoms. The van der Waals surface area contributed by atoms with E-state index >= 15 is 0 Å². The quantitative estimate of drug-likeness (QED) is 0.197. The predicted octanol–water partition coefficient (Wildman–Crippen LogP) is 9.94. The molecule has 2 aliphatic carbocycles. The number of halogens is 1. The zero-order chi connectivity index (χ0) is 26.5. The Morgan fingerprint density at radius 2 is 1.05 bits per heavy atom. The molecule has 0 saturated heterocycles. The van der Waals surface area contributed by atoms with Crippen molar-refractivity contribution in [3.8, 4) is 11.1 Å². The normalized spacial score (nSPS) is 16.7. The molecular formula is C36H37Cl. The number of benzene rings is 4. The molecule has 0 heterocycles. The van der Waals surface area contributed by atoms with E-state index in [9.17, 15) is 0 Å². The number of hydrogen-bond acceptors (Lipinski definition) is 0. The Kier molecular flexibility index (Phi) is 5.04. The van der Waals surface area contributed by atoms with Gasteiger partial charge in [-0.25, -0.2) is 0 Å². The summed E-state index contributed by atoms with van der Waals surface area (Å²) in [6, 6.07) is 29.9. The summed E-state index contributed by atoms with van der Waals surface area (Å²) in [5.41, 5.74) is 12.8. The third kappa shape index (κ3) is 3.21. The molecular weight excluding hydrogens is 468 g/mol. The first-order valence-electron chi connectivity index (χ1n) is 13.5. The number of fused-ring (bicyclic) bond motifs is 9. The topological polar surface area (TPSA) is 0 Å². The molecule has 0 aliphatic heterocycles. The van der Waals surface area contributed by atoms with Crippen molar-refractivity contribution in [3.63, 3.8) is 0 Å². The van der Waals surface area contributed by atoms with E-state index in [-0.39, 0.29) is 16.2 Å². The van der Waals surface area contributed by atoms with Crippen LogP contribution >= 0.6 is 11.6 Å². The summed E-state index contributed by atoms with van der Waals surface area (Å²) < 4.78 is 0. The Balaban J connectivity index is 1.88. The molecule has 0 N–H and O–H groups in total. The van der Waals surface area contributed by atoms with Crippen LogP contribution < -0.4 is 0 Å². The Morgan fingerprint density at radius 3 is 1.59 bits per heavy atom. The van der Waals surface area contributed by atoms with Crippen LogP contribution in [0.5, 0.6) is 0 Å². The summed E-state index contributed by atoms with van der Waals surface area (Å²) >= 11 is 7.25. The molecule has 37 heavy (non-hydrogen) atoms. The summed E-state index contributed by atoms with van der Waals surface area (Å²) in [4.78, 5) is 0. The molecule has 0 fully saturated rings. The smallest absolute Gasteiger partial charge is 0.0734 e. The fraction of sp³-hybridized carbons (Fsp3) is 0.333. The highest BCUT2D eigenvalue weighted by molar-refractivity contribution is 6.32. The van der Waals surface area contributed by atoms with Gasteiger partial charge in [-0.2, -0.15) is 0 Å². The fourth-order valence-corrected chi connectivity index (χ4v) is 7.21. The average Bonchev–Trinajstić information content (AvgIpc) is 3.14. The Bertz CT molecular complexity index is 1500. The third-order valence-corrected chi connectivity index (χ3v) is 9.25. The average molecular weight is 505 g/mol. The van der Waals surface area contributed by atoms with Crippen LogP contribution in [0.15, 0.2) is 78.9 Å². The van der Waals surface area contributed by atoms with Gasteiger partial charge in [-0.1, -0.05) is 140 Å². The van der Waals surface area contributed by atoms with E-state index in [1.165, 1.54) is 55.6 Å². The summed E-state index contributed by atoms with van der Waals surface area (Å²) in [6.45, 7) is 18.6. The van der Waals surface area contributed by atoms with Gasteiger partial charge >= 0.3 is 0 Å². The molecule has 1 spiro atoms. The third-order valence-electron chi connectivity index (χ3n) is 8.94. The molecule has 6 rings (SSSR count). The second-order valence-electron chi connectivity index (χ2n) is 13.6. The first-order chi connectivity index (χ1) is 17.3. The lowest BCUT2D eigenvalue weighted by Crippen LogP contribution is -2.41. The van der Waals surface area contributed by atoms with Crippen molar-refractivity contribution < 1.29 is 0 Å². The summed E-state index contributed by atoms with van der Waals surface area (Å²) in [5.74, 6) is 0. The maximum atomic E-state index is 7.25. The minimum absolute atomic E-state index is 0.0370. The van der Waals surface area contributed by atoms with Crippen LogP contribution in [0.4, 0.5) is 0 Å². The molecule has 0 saturated carbocycles. The van der Waals surface area contributed by atoms with Gasteiger partial charge in [0, 0.05) is 10.4 Å². The molecule has 0 radical (unpaired) electrons. The Hall–Kier alpha value is -2.83. The number of rotatable bonds is 0. The van der Waals surface area contributed by atoms with Crippen molar-refractivity contribution in [1.82, 2.24) is 0 Å². The largest absolute Gasteiger partial charge is 0.0840 e. The highest BCUT2D eigenvalue weighted by Crippen LogP contribution is 2.64. The molecule has 0 nitrogen and oxygen atoms in total. The summed E-state index contributed by atoms with van der Waals surface area (Å²) in [7, 11) is 0. The van der Waals surface area contributed by atoms with Gasteiger partial charge in [0.15, 0.2) is 0 Å². The fourth-order valence-electron chi connectivity index (χ4n) is 6.89. The molecule has 2 aliphatic rings. The van der Waals surface area contributed by atoms with Gasteiger partial charge in [-0.05, 0) is 72.5 Å². The maximum Gasteiger partial charge on any atom is 0.0734 e. The van der Waals surface area contributed by atoms with Gasteiger partial charge in [-0.15, -0.1) is 0 Å². The van der Waals surface area contributed by atoms with E-state index in [4.69, 9.17) is 11.6 Å². The molecule has 0 unspecified atom stereocenters. The van der Waals surface area contributed by atoms with Crippen molar-refractivity contribution in [2.24, 2.45) is 0 Å². The van der Waals surface area contributed by atoms with Crippen molar-refractivity contribution >= 4 is 11.6 Å². The van der Waals surface area contributed by atoms with Gasteiger partial charge in [0.25, 0.3) is 0 Å². The molecule has 1 heteroatoms. The zero-order valence-corrected chi connectivity index (χ0v) is 24.1. The minimum Gasteiger partial charge on any atom is -0.0840 e. The van der Waals surface area contributed by atoms with Crippen molar-refractivity contribution in [3.05, 3.63) is 128 Å². The highest BCUT2D eigenvalue weighted by atomic mass is 35.5. The van der Waals surface area contributed by atoms with Gasteiger partial charge in [0.2, 0.25) is 0 Å². The zero-order valence-electron chi connectivity index (χ0n) is 23.4. The lowest BCUT2D eigenvalue weighted by Gasteiger charge is -2.48. The molecule has 0 atom stereocenters. The van der Waals surface area contributed by atoms with E-state index in [2.05, 4.69) is 134 Å². The number of hydrogen-bond donors (Lipinski definition) is 0. The van der Waals surface area contributed by atoms with Crippen LogP contribution in [0.2, 0.25) is 5.02 Å². The Morgan fingerprint density at radius 1 is 0.541 bits per heavy atom. The maximum absolute atomic E-state index is 7.25. The van der Waals surface area contributed by atoms with Gasteiger partial charge < -0.3 is 0 Å². The lowest BCUT2D eigenvalue weighted by atomic mass is 9.54. The van der Waals surface area contributed by atoms with Crippen LogP contribution in [-0.2, 0) is 21.7 Å². The SMILES string of the molecule is CC(C)(C)c1ccc2c(c1)C1(c3ccccc3-c3cccc(Cl)c31)c1cc(C(C)(C)C)ccc1C2(C)C. The lowest BCUT2D eigenvalue weighted by molar-refractivity contribution is 0.544.